The molecule has 1 fully saturated rings. The van der Waals surface area contributed by atoms with Crippen molar-refractivity contribution in [3.05, 3.63) is 29.9 Å². The zero-order valence-electron chi connectivity index (χ0n) is 14.1. The highest BCUT2D eigenvalue weighted by molar-refractivity contribution is 5.89. The fourth-order valence-electron chi connectivity index (χ4n) is 2.57. The number of amides is 1. The van der Waals surface area contributed by atoms with E-state index in [4.69, 9.17) is 9.68 Å². The van der Waals surface area contributed by atoms with Crippen molar-refractivity contribution in [3.8, 4) is 6.07 Å². The Kier molecular flexibility index (Phi) is 4.85. The van der Waals surface area contributed by atoms with Gasteiger partial charge in [0, 0.05) is 38.6 Å². The summed E-state index contributed by atoms with van der Waals surface area (Å²) in [7, 11) is 3.76. The summed E-state index contributed by atoms with van der Waals surface area (Å²) < 4.78 is 5.42. The lowest BCUT2D eigenvalue weighted by Crippen LogP contribution is -2.49. The average Bonchev–Trinajstić information content (AvgIpc) is 3.09. The molecule has 0 unspecified atom stereocenters. The van der Waals surface area contributed by atoms with Crippen molar-refractivity contribution in [2.75, 3.05) is 45.2 Å². The largest absolute Gasteiger partial charge is 0.415 e. The van der Waals surface area contributed by atoms with E-state index in [-0.39, 0.29) is 17.5 Å². The standard InChI is InChI=1S/C15H18N8O2/c1-21(2)10-12-19-20-14(25-12)15(24)23-7-5-22(6-8-23)13-11(9-16)17-3-4-18-13/h3-4H,5-8,10H2,1-2H3. The second kappa shape index (κ2) is 7.23. The molecule has 0 N–H and O–H groups in total. The van der Waals surface area contributed by atoms with Crippen LogP contribution >= 0.6 is 0 Å². The summed E-state index contributed by atoms with van der Waals surface area (Å²) in [5.41, 5.74) is 0.285. The van der Waals surface area contributed by atoms with Crippen molar-refractivity contribution in [2.24, 2.45) is 0 Å². The first-order chi connectivity index (χ1) is 12.1. The molecule has 10 heteroatoms. The van der Waals surface area contributed by atoms with Gasteiger partial charge in [-0.2, -0.15) is 5.26 Å². The zero-order chi connectivity index (χ0) is 17.8. The molecule has 1 aliphatic heterocycles. The van der Waals surface area contributed by atoms with Crippen LogP contribution in [0.4, 0.5) is 5.82 Å². The molecule has 0 saturated carbocycles. The molecule has 0 atom stereocenters. The van der Waals surface area contributed by atoms with Gasteiger partial charge in [-0.25, -0.2) is 9.97 Å². The number of nitriles is 1. The molecule has 2 aromatic heterocycles. The topological polar surface area (TPSA) is 115 Å². The summed E-state index contributed by atoms with van der Waals surface area (Å²) in [6.45, 7) is 2.55. The fourth-order valence-corrected chi connectivity index (χ4v) is 2.57. The van der Waals surface area contributed by atoms with Gasteiger partial charge in [0.05, 0.1) is 6.54 Å². The van der Waals surface area contributed by atoms with Crippen LogP contribution < -0.4 is 4.90 Å². The Bertz CT molecular complexity index is 789. The molecule has 0 aromatic carbocycles. The second-order valence-corrected chi connectivity index (χ2v) is 5.86. The van der Waals surface area contributed by atoms with E-state index in [1.165, 1.54) is 6.20 Å². The van der Waals surface area contributed by atoms with Crippen LogP contribution in [0.1, 0.15) is 22.3 Å². The first kappa shape index (κ1) is 16.8. The molecular formula is C15H18N8O2. The smallest absolute Gasteiger partial charge is 0.311 e. The Morgan fingerprint density at radius 2 is 1.96 bits per heavy atom. The number of nitrogens with zero attached hydrogens (tertiary/aromatic N) is 8. The van der Waals surface area contributed by atoms with E-state index in [2.05, 4.69) is 20.2 Å². The Morgan fingerprint density at radius 3 is 2.64 bits per heavy atom. The maximum absolute atomic E-state index is 12.5. The van der Waals surface area contributed by atoms with E-state index >= 15 is 0 Å². The molecule has 0 spiro atoms. The first-order valence-electron chi connectivity index (χ1n) is 7.81. The molecule has 0 radical (unpaired) electrons. The van der Waals surface area contributed by atoms with Crippen LogP contribution in [-0.2, 0) is 6.54 Å². The van der Waals surface area contributed by atoms with Crippen molar-refractivity contribution in [1.82, 2.24) is 30.0 Å². The van der Waals surface area contributed by atoms with Crippen LogP contribution in [0.25, 0.3) is 0 Å². The number of aromatic nitrogens is 4. The normalized spacial score (nSPS) is 14.6. The van der Waals surface area contributed by atoms with Gasteiger partial charge in [0.15, 0.2) is 11.5 Å². The van der Waals surface area contributed by atoms with Crippen molar-refractivity contribution in [1.29, 1.82) is 5.26 Å². The van der Waals surface area contributed by atoms with E-state index in [0.717, 1.165) is 0 Å². The summed E-state index contributed by atoms with van der Waals surface area (Å²) in [5, 5.41) is 16.9. The van der Waals surface area contributed by atoms with E-state index < -0.39 is 0 Å². The molecule has 1 saturated heterocycles. The Labute approximate surface area is 144 Å². The number of anilines is 1. The number of hydrogen-bond acceptors (Lipinski definition) is 9. The molecule has 3 heterocycles. The molecule has 10 nitrogen and oxygen atoms in total. The molecule has 3 rings (SSSR count). The molecule has 2 aromatic rings. The van der Waals surface area contributed by atoms with Crippen LogP contribution in [-0.4, -0.2) is 76.1 Å². The number of carbonyl (C=O) groups is 1. The highest BCUT2D eigenvalue weighted by Crippen LogP contribution is 2.17. The van der Waals surface area contributed by atoms with Gasteiger partial charge >= 0.3 is 11.8 Å². The van der Waals surface area contributed by atoms with Crippen molar-refractivity contribution < 1.29 is 9.21 Å². The van der Waals surface area contributed by atoms with Crippen molar-refractivity contribution >= 4 is 11.7 Å². The third-order valence-electron chi connectivity index (χ3n) is 3.75. The molecule has 0 bridgehead atoms. The number of piperazine rings is 1. The average molecular weight is 342 g/mol. The van der Waals surface area contributed by atoms with Gasteiger partial charge in [0.25, 0.3) is 0 Å². The highest BCUT2D eigenvalue weighted by Gasteiger charge is 2.27. The molecule has 1 amide bonds. The summed E-state index contributed by atoms with van der Waals surface area (Å²) in [6.07, 6.45) is 3.04. The predicted octanol–water partition coefficient (Wildman–Crippen LogP) is -0.245. The zero-order valence-corrected chi connectivity index (χ0v) is 14.1. The van der Waals surface area contributed by atoms with Crippen molar-refractivity contribution in [3.63, 3.8) is 0 Å². The maximum atomic E-state index is 12.5. The van der Waals surface area contributed by atoms with Crippen LogP contribution in [0.2, 0.25) is 0 Å². The van der Waals surface area contributed by atoms with Gasteiger partial charge in [-0.05, 0) is 14.1 Å². The summed E-state index contributed by atoms with van der Waals surface area (Å²) in [5.74, 6) is 0.674. The quantitative estimate of drug-likeness (QED) is 0.742. The van der Waals surface area contributed by atoms with E-state index in [1.54, 1.807) is 11.1 Å². The summed E-state index contributed by atoms with van der Waals surface area (Å²) in [4.78, 5) is 26.2. The lowest BCUT2D eigenvalue weighted by atomic mass is 10.3. The number of carbonyl (C=O) groups excluding carboxylic acids is 1. The monoisotopic (exact) mass is 342 g/mol. The maximum Gasteiger partial charge on any atom is 0.311 e. The van der Waals surface area contributed by atoms with Crippen LogP contribution in [0.5, 0.6) is 0 Å². The first-order valence-corrected chi connectivity index (χ1v) is 7.81. The molecule has 0 aliphatic carbocycles. The molecule has 25 heavy (non-hydrogen) atoms. The van der Waals surface area contributed by atoms with Gasteiger partial charge in [0.1, 0.15) is 6.07 Å². The predicted molar refractivity (Wildman–Crippen MR) is 86.6 cm³/mol. The molecular weight excluding hydrogens is 324 g/mol. The molecule has 130 valence electrons. The van der Waals surface area contributed by atoms with Gasteiger partial charge < -0.3 is 19.1 Å². The minimum Gasteiger partial charge on any atom is -0.415 e. The minimum atomic E-state index is -0.281. The minimum absolute atomic E-state index is 0.00233. The van der Waals surface area contributed by atoms with Crippen LogP contribution in [0.3, 0.4) is 0 Å². The van der Waals surface area contributed by atoms with Gasteiger partial charge in [-0.3, -0.25) is 4.79 Å². The summed E-state index contributed by atoms with van der Waals surface area (Å²) in [6, 6.07) is 2.04. The Morgan fingerprint density at radius 1 is 1.24 bits per heavy atom. The van der Waals surface area contributed by atoms with Gasteiger partial charge in [-0.1, -0.05) is 0 Å². The van der Waals surface area contributed by atoms with E-state index in [9.17, 15) is 4.79 Å². The third-order valence-corrected chi connectivity index (χ3v) is 3.75. The number of hydrogen-bond donors (Lipinski definition) is 0. The summed E-state index contributed by atoms with van der Waals surface area (Å²) >= 11 is 0. The van der Waals surface area contributed by atoms with Gasteiger partial charge in [0.2, 0.25) is 5.89 Å². The molecule has 1 aliphatic rings. The van der Waals surface area contributed by atoms with Gasteiger partial charge in [-0.15, -0.1) is 10.2 Å². The van der Waals surface area contributed by atoms with E-state index in [0.29, 0.717) is 44.4 Å². The third kappa shape index (κ3) is 3.72. The Balaban J connectivity index is 1.63. The SMILES string of the molecule is CN(C)Cc1nnc(C(=O)N2CCN(c3nccnc3C#N)CC2)o1. The van der Waals surface area contributed by atoms with Crippen LogP contribution in [0.15, 0.2) is 16.8 Å². The lowest BCUT2D eigenvalue weighted by molar-refractivity contribution is 0.0703. The van der Waals surface area contributed by atoms with Crippen LogP contribution in [0, 0.1) is 11.3 Å². The fraction of sp³-hybridized carbons (Fsp3) is 0.467. The lowest BCUT2D eigenvalue weighted by Gasteiger charge is -2.34. The number of rotatable bonds is 4. The second-order valence-electron chi connectivity index (χ2n) is 5.86. The Hall–Kier alpha value is -3.06. The van der Waals surface area contributed by atoms with E-state index in [1.807, 2.05) is 30.0 Å². The highest BCUT2D eigenvalue weighted by atomic mass is 16.4. The van der Waals surface area contributed by atoms with Crippen molar-refractivity contribution in [2.45, 2.75) is 6.54 Å².